The molecule has 1 fully saturated rings. The van der Waals surface area contributed by atoms with Crippen molar-refractivity contribution in [3.63, 3.8) is 0 Å². The first kappa shape index (κ1) is 12.2. The molecule has 88 valence electrons. The molecule has 1 aromatic rings. The minimum atomic E-state index is 0.645. The molecule has 1 aliphatic rings. The summed E-state index contributed by atoms with van der Waals surface area (Å²) in [5, 5.41) is 4.90. The number of benzene rings is 1. The van der Waals surface area contributed by atoms with Crippen LogP contribution in [0.2, 0.25) is 10.0 Å². The highest BCUT2D eigenvalue weighted by Crippen LogP contribution is 2.34. The Morgan fingerprint density at radius 3 is 2.69 bits per heavy atom. The molecule has 0 saturated heterocycles. The van der Waals surface area contributed by atoms with Crippen LogP contribution in [0.15, 0.2) is 18.2 Å². The monoisotopic (exact) mass is 257 g/mol. The fourth-order valence-electron chi connectivity index (χ4n) is 2.15. The van der Waals surface area contributed by atoms with E-state index in [2.05, 4.69) is 5.32 Å². The Bertz CT molecular complexity index is 361. The fourth-order valence-corrected chi connectivity index (χ4v) is 2.65. The summed E-state index contributed by atoms with van der Waals surface area (Å²) in [7, 11) is 2.05. The zero-order valence-corrected chi connectivity index (χ0v) is 11.0. The lowest BCUT2D eigenvalue weighted by Gasteiger charge is -2.15. The molecule has 0 aromatic heterocycles. The van der Waals surface area contributed by atoms with Gasteiger partial charge in [-0.2, -0.15) is 0 Å². The van der Waals surface area contributed by atoms with Gasteiger partial charge in [0.25, 0.3) is 0 Å². The average molecular weight is 258 g/mol. The van der Waals surface area contributed by atoms with Crippen molar-refractivity contribution >= 4 is 23.2 Å². The van der Waals surface area contributed by atoms with Gasteiger partial charge in [-0.25, -0.2) is 0 Å². The largest absolute Gasteiger partial charge is 0.317 e. The molecule has 0 radical (unpaired) electrons. The van der Waals surface area contributed by atoms with E-state index in [-0.39, 0.29) is 0 Å². The molecule has 2 rings (SSSR count). The summed E-state index contributed by atoms with van der Waals surface area (Å²) in [6, 6.07) is 6.41. The van der Waals surface area contributed by atoms with Crippen LogP contribution in [-0.2, 0) is 6.42 Å². The second-order valence-electron chi connectivity index (χ2n) is 4.51. The van der Waals surface area contributed by atoms with Crippen molar-refractivity contribution in [1.82, 2.24) is 5.32 Å². The van der Waals surface area contributed by atoms with Crippen LogP contribution >= 0.6 is 23.2 Å². The van der Waals surface area contributed by atoms with Crippen molar-refractivity contribution in [2.75, 3.05) is 7.05 Å². The highest BCUT2D eigenvalue weighted by atomic mass is 35.5. The van der Waals surface area contributed by atoms with E-state index in [1.807, 2.05) is 25.2 Å². The molecule has 1 nitrogen and oxygen atoms in total. The molecule has 16 heavy (non-hydrogen) atoms. The van der Waals surface area contributed by atoms with Crippen molar-refractivity contribution in [3.05, 3.63) is 33.8 Å². The normalized spacial score (nSPS) is 17.4. The number of rotatable bonds is 5. The summed E-state index contributed by atoms with van der Waals surface area (Å²) in [6.45, 7) is 0. The van der Waals surface area contributed by atoms with E-state index in [0.29, 0.717) is 11.1 Å². The maximum atomic E-state index is 6.15. The molecule has 1 atom stereocenters. The Morgan fingerprint density at radius 1 is 1.38 bits per heavy atom. The third-order valence-electron chi connectivity index (χ3n) is 3.30. The van der Waals surface area contributed by atoms with Gasteiger partial charge in [-0.1, -0.05) is 29.3 Å². The first-order valence-corrected chi connectivity index (χ1v) is 6.57. The molecule has 1 aliphatic carbocycles. The van der Waals surface area contributed by atoms with Gasteiger partial charge in [0.05, 0.1) is 0 Å². The van der Waals surface area contributed by atoms with Crippen LogP contribution in [0, 0.1) is 5.92 Å². The molecule has 3 heteroatoms. The van der Waals surface area contributed by atoms with Gasteiger partial charge in [0, 0.05) is 16.1 Å². The van der Waals surface area contributed by atoms with Crippen LogP contribution in [0.5, 0.6) is 0 Å². The van der Waals surface area contributed by atoms with Gasteiger partial charge >= 0.3 is 0 Å². The van der Waals surface area contributed by atoms with E-state index in [1.165, 1.54) is 18.4 Å². The molecule has 0 aliphatic heterocycles. The number of nitrogens with one attached hydrogen (secondary N) is 1. The molecule has 1 N–H and O–H groups in total. The fraction of sp³-hybridized carbons (Fsp3) is 0.538. The Kier molecular flexibility index (Phi) is 4.12. The Hall–Kier alpha value is -0.240. The van der Waals surface area contributed by atoms with E-state index in [1.54, 1.807) is 0 Å². The number of halogens is 2. The topological polar surface area (TPSA) is 12.0 Å². The second-order valence-corrected chi connectivity index (χ2v) is 5.35. The Morgan fingerprint density at radius 2 is 2.12 bits per heavy atom. The summed E-state index contributed by atoms with van der Waals surface area (Å²) in [5.41, 5.74) is 1.20. The molecular formula is C13H17Cl2N. The first-order valence-electron chi connectivity index (χ1n) is 5.82. The van der Waals surface area contributed by atoms with Crippen molar-refractivity contribution in [2.24, 2.45) is 5.92 Å². The molecule has 1 saturated carbocycles. The van der Waals surface area contributed by atoms with Gasteiger partial charge in [-0.3, -0.25) is 0 Å². The third kappa shape index (κ3) is 3.13. The lowest BCUT2D eigenvalue weighted by molar-refractivity contribution is 0.470. The van der Waals surface area contributed by atoms with Crippen LogP contribution in [0.4, 0.5) is 0 Å². The van der Waals surface area contributed by atoms with Crippen LogP contribution in [-0.4, -0.2) is 13.1 Å². The molecular weight excluding hydrogens is 241 g/mol. The number of hydrogen-bond acceptors (Lipinski definition) is 1. The minimum Gasteiger partial charge on any atom is -0.317 e. The lowest BCUT2D eigenvalue weighted by Crippen LogP contribution is -2.27. The van der Waals surface area contributed by atoms with E-state index in [9.17, 15) is 0 Å². The van der Waals surface area contributed by atoms with E-state index in [0.717, 1.165) is 23.8 Å². The average Bonchev–Trinajstić information content (AvgIpc) is 3.06. The molecule has 0 spiro atoms. The summed E-state index contributed by atoms with van der Waals surface area (Å²) < 4.78 is 0. The Labute approximate surface area is 107 Å². The number of hydrogen-bond donors (Lipinski definition) is 1. The van der Waals surface area contributed by atoms with Crippen molar-refractivity contribution in [1.29, 1.82) is 0 Å². The van der Waals surface area contributed by atoms with Gasteiger partial charge < -0.3 is 5.32 Å². The molecule has 0 heterocycles. The summed E-state index contributed by atoms with van der Waals surface area (Å²) >= 11 is 12.0. The highest BCUT2D eigenvalue weighted by Gasteiger charge is 2.29. The Balaban J connectivity index is 1.92. The zero-order chi connectivity index (χ0) is 11.5. The summed E-state index contributed by atoms with van der Waals surface area (Å²) in [5.74, 6) is 0.885. The molecule has 0 amide bonds. The lowest BCUT2D eigenvalue weighted by atomic mass is 10.0. The quantitative estimate of drug-likeness (QED) is 0.843. The number of aryl methyl sites for hydroxylation is 1. The van der Waals surface area contributed by atoms with Crippen molar-refractivity contribution in [2.45, 2.75) is 31.7 Å². The summed E-state index contributed by atoms with van der Waals surface area (Å²) in [4.78, 5) is 0. The first-order chi connectivity index (χ1) is 7.70. The maximum absolute atomic E-state index is 6.15. The van der Waals surface area contributed by atoms with Gasteiger partial charge in [-0.05, 0) is 56.3 Å². The van der Waals surface area contributed by atoms with E-state index in [4.69, 9.17) is 23.2 Å². The third-order valence-corrected chi connectivity index (χ3v) is 3.89. The molecule has 1 unspecified atom stereocenters. The second kappa shape index (κ2) is 5.39. The van der Waals surface area contributed by atoms with Crippen molar-refractivity contribution in [3.8, 4) is 0 Å². The van der Waals surface area contributed by atoms with Crippen LogP contribution in [0.1, 0.15) is 24.8 Å². The zero-order valence-electron chi connectivity index (χ0n) is 9.47. The highest BCUT2D eigenvalue weighted by molar-refractivity contribution is 6.35. The summed E-state index contributed by atoms with van der Waals surface area (Å²) in [6.07, 6.45) is 4.93. The van der Waals surface area contributed by atoms with Gasteiger partial charge in [0.2, 0.25) is 0 Å². The van der Waals surface area contributed by atoms with Crippen molar-refractivity contribution < 1.29 is 0 Å². The SMILES string of the molecule is CNC(CCc1ccc(Cl)cc1Cl)C1CC1. The standard InChI is InChI=1S/C13H17Cl2N/c1-16-13(10-2-3-10)7-5-9-4-6-11(14)8-12(9)15/h4,6,8,10,13,16H,2-3,5,7H2,1H3. The predicted molar refractivity (Wildman–Crippen MR) is 70.4 cm³/mol. The van der Waals surface area contributed by atoms with Gasteiger partial charge in [0.1, 0.15) is 0 Å². The van der Waals surface area contributed by atoms with Gasteiger partial charge in [-0.15, -0.1) is 0 Å². The van der Waals surface area contributed by atoms with E-state index >= 15 is 0 Å². The predicted octanol–water partition coefficient (Wildman–Crippen LogP) is 3.92. The molecule has 1 aromatic carbocycles. The van der Waals surface area contributed by atoms with E-state index < -0.39 is 0 Å². The van der Waals surface area contributed by atoms with Gasteiger partial charge in [0.15, 0.2) is 0 Å². The van der Waals surface area contributed by atoms with Crippen LogP contribution < -0.4 is 5.32 Å². The molecule has 0 bridgehead atoms. The smallest absolute Gasteiger partial charge is 0.0452 e. The minimum absolute atomic E-state index is 0.645. The van der Waals surface area contributed by atoms with Crippen LogP contribution in [0.25, 0.3) is 0 Å². The maximum Gasteiger partial charge on any atom is 0.0452 e. The van der Waals surface area contributed by atoms with Crippen LogP contribution in [0.3, 0.4) is 0 Å².